The summed E-state index contributed by atoms with van der Waals surface area (Å²) < 4.78 is 23.3. The summed E-state index contributed by atoms with van der Waals surface area (Å²) >= 11 is 11.9. The molecule has 0 amide bonds. The second-order valence-electron chi connectivity index (χ2n) is 5.59. The first-order valence-electron chi connectivity index (χ1n) is 6.11. The molecule has 4 nitrogen and oxygen atoms in total. The number of hydrogen-bond acceptors (Lipinski definition) is 4. The molecule has 0 aliphatic carbocycles. The van der Waals surface area contributed by atoms with Crippen molar-refractivity contribution in [3.05, 3.63) is 0 Å². The number of hydrogen-bond donors (Lipinski definition) is 0. The number of alkyl halides is 2. The lowest BCUT2D eigenvalue weighted by Gasteiger charge is -2.24. The highest BCUT2D eigenvalue weighted by Gasteiger charge is 2.53. The molecule has 2 heterocycles. The maximum absolute atomic E-state index is 5.94. The Labute approximate surface area is 118 Å². The van der Waals surface area contributed by atoms with Gasteiger partial charge in [-0.3, -0.25) is 0 Å². The molecule has 2 aliphatic rings. The second kappa shape index (κ2) is 5.08. The molecule has 4 atom stereocenters. The van der Waals surface area contributed by atoms with Crippen molar-refractivity contribution in [1.82, 2.24) is 0 Å². The van der Waals surface area contributed by atoms with E-state index in [1.165, 1.54) is 0 Å². The highest BCUT2D eigenvalue weighted by molar-refractivity contribution is 6.18. The van der Waals surface area contributed by atoms with E-state index in [2.05, 4.69) is 0 Å². The number of halogens is 2. The third kappa shape index (κ3) is 2.94. The van der Waals surface area contributed by atoms with Gasteiger partial charge in [0.15, 0.2) is 11.6 Å². The Hall–Kier alpha value is 0.420. The van der Waals surface area contributed by atoms with Gasteiger partial charge in [0.2, 0.25) is 0 Å². The van der Waals surface area contributed by atoms with Gasteiger partial charge in [0, 0.05) is 0 Å². The summed E-state index contributed by atoms with van der Waals surface area (Å²) in [5.74, 6) is -0.610. The van der Waals surface area contributed by atoms with Crippen LogP contribution in [0.3, 0.4) is 0 Å². The fourth-order valence-corrected chi connectivity index (χ4v) is 3.00. The Balaban J connectivity index is 2.15. The van der Waals surface area contributed by atoms with Crippen LogP contribution in [0.25, 0.3) is 0 Å². The molecule has 0 spiro atoms. The van der Waals surface area contributed by atoms with E-state index in [0.29, 0.717) is 11.8 Å². The SMILES string of the molecule is CC1(C)O[C@@H]([C@@H]2OC(C)(C)O[C@@H]2CCl)[C@@H](CCl)O1. The quantitative estimate of drug-likeness (QED) is 0.750. The zero-order valence-corrected chi connectivity index (χ0v) is 12.6. The van der Waals surface area contributed by atoms with Crippen molar-refractivity contribution in [2.75, 3.05) is 11.8 Å². The largest absolute Gasteiger partial charge is 0.343 e. The Morgan fingerprint density at radius 2 is 1.06 bits per heavy atom. The van der Waals surface area contributed by atoms with Crippen LogP contribution in [-0.4, -0.2) is 47.8 Å². The minimum absolute atomic E-state index is 0.213. The fraction of sp³-hybridized carbons (Fsp3) is 1.00. The second-order valence-corrected chi connectivity index (χ2v) is 6.20. The zero-order chi connectivity index (χ0) is 13.6. The van der Waals surface area contributed by atoms with Crippen molar-refractivity contribution in [1.29, 1.82) is 0 Å². The van der Waals surface area contributed by atoms with E-state index in [1.54, 1.807) is 0 Å². The molecule has 2 aliphatic heterocycles. The minimum atomic E-state index is -0.656. The maximum Gasteiger partial charge on any atom is 0.163 e. The van der Waals surface area contributed by atoms with Gasteiger partial charge >= 0.3 is 0 Å². The first-order chi connectivity index (χ1) is 8.28. The van der Waals surface area contributed by atoms with Gasteiger partial charge in [-0.1, -0.05) is 0 Å². The van der Waals surface area contributed by atoms with E-state index < -0.39 is 11.6 Å². The van der Waals surface area contributed by atoms with Crippen LogP contribution in [0.4, 0.5) is 0 Å². The zero-order valence-electron chi connectivity index (χ0n) is 11.1. The van der Waals surface area contributed by atoms with Crippen LogP contribution < -0.4 is 0 Å². The average Bonchev–Trinajstić information content (AvgIpc) is 2.74. The van der Waals surface area contributed by atoms with Crippen molar-refractivity contribution in [2.24, 2.45) is 0 Å². The van der Waals surface area contributed by atoms with Gasteiger partial charge in [0.25, 0.3) is 0 Å². The van der Waals surface area contributed by atoms with Crippen molar-refractivity contribution in [2.45, 2.75) is 63.7 Å². The molecule has 0 saturated carbocycles. The molecular formula is C12H20Cl2O4. The molecule has 2 saturated heterocycles. The number of rotatable bonds is 3. The van der Waals surface area contributed by atoms with E-state index in [4.69, 9.17) is 42.1 Å². The highest BCUT2D eigenvalue weighted by atomic mass is 35.5. The smallest absolute Gasteiger partial charge is 0.163 e. The molecule has 2 rings (SSSR count). The average molecular weight is 299 g/mol. The Bertz CT molecular complexity index is 278. The molecule has 0 aromatic rings. The summed E-state index contributed by atoms with van der Waals surface area (Å²) in [6, 6.07) is 0. The van der Waals surface area contributed by atoms with Gasteiger partial charge in [-0.15, -0.1) is 23.2 Å². The molecule has 0 aromatic carbocycles. The Kier molecular flexibility index (Phi) is 4.18. The highest BCUT2D eigenvalue weighted by Crippen LogP contribution is 2.38. The van der Waals surface area contributed by atoms with Gasteiger partial charge in [-0.2, -0.15) is 0 Å². The van der Waals surface area contributed by atoms with Crippen LogP contribution in [0.2, 0.25) is 0 Å². The van der Waals surface area contributed by atoms with Crippen molar-refractivity contribution < 1.29 is 18.9 Å². The summed E-state index contributed by atoms with van der Waals surface area (Å²) in [5.41, 5.74) is 0. The lowest BCUT2D eigenvalue weighted by molar-refractivity contribution is -0.175. The fourth-order valence-electron chi connectivity index (χ4n) is 2.52. The van der Waals surface area contributed by atoms with Crippen LogP contribution in [0, 0.1) is 0 Å². The lowest BCUT2D eigenvalue weighted by Crippen LogP contribution is -2.43. The molecule has 0 N–H and O–H groups in total. The first kappa shape index (κ1) is 14.8. The lowest BCUT2D eigenvalue weighted by atomic mass is 10.1. The normalized spacial score (nSPS) is 42.3. The molecule has 0 bridgehead atoms. The molecule has 106 valence electrons. The summed E-state index contributed by atoms with van der Waals surface area (Å²) in [4.78, 5) is 0. The Morgan fingerprint density at radius 3 is 1.33 bits per heavy atom. The van der Waals surface area contributed by atoms with Gasteiger partial charge in [0.1, 0.15) is 24.4 Å². The molecule has 0 unspecified atom stereocenters. The van der Waals surface area contributed by atoms with Gasteiger partial charge in [-0.05, 0) is 27.7 Å². The summed E-state index contributed by atoms with van der Waals surface area (Å²) in [6.07, 6.45) is -0.948. The Morgan fingerprint density at radius 1 is 0.722 bits per heavy atom. The van der Waals surface area contributed by atoms with Crippen LogP contribution in [0.1, 0.15) is 27.7 Å². The predicted molar refractivity (Wildman–Crippen MR) is 69.1 cm³/mol. The van der Waals surface area contributed by atoms with Crippen molar-refractivity contribution >= 4 is 23.2 Å². The monoisotopic (exact) mass is 298 g/mol. The van der Waals surface area contributed by atoms with E-state index in [0.717, 1.165) is 0 Å². The third-order valence-electron chi connectivity index (χ3n) is 3.07. The van der Waals surface area contributed by atoms with Crippen LogP contribution in [0.5, 0.6) is 0 Å². The van der Waals surface area contributed by atoms with E-state index in [-0.39, 0.29) is 24.4 Å². The molecule has 0 aromatic heterocycles. The van der Waals surface area contributed by atoms with E-state index >= 15 is 0 Å². The summed E-state index contributed by atoms with van der Waals surface area (Å²) in [7, 11) is 0. The minimum Gasteiger partial charge on any atom is -0.343 e. The molecule has 2 fully saturated rings. The van der Waals surface area contributed by atoms with Gasteiger partial charge in [-0.25, -0.2) is 0 Å². The van der Waals surface area contributed by atoms with E-state index in [9.17, 15) is 0 Å². The number of ether oxygens (including phenoxy) is 4. The van der Waals surface area contributed by atoms with Crippen LogP contribution in [0.15, 0.2) is 0 Å². The topological polar surface area (TPSA) is 36.9 Å². The standard InChI is InChI=1S/C12H20Cl2O4/c1-11(2)15-7(5-13)9(17-11)10-8(6-14)16-12(3,4)18-10/h7-10H,5-6H2,1-4H3/t7-,8-,9-,10-/m1/s1. The molecule has 0 radical (unpaired) electrons. The van der Waals surface area contributed by atoms with Gasteiger partial charge in [0.05, 0.1) is 11.8 Å². The predicted octanol–water partition coefficient (Wildman–Crippen LogP) is 2.50. The first-order valence-corrected chi connectivity index (χ1v) is 7.18. The third-order valence-corrected chi connectivity index (χ3v) is 3.68. The van der Waals surface area contributed by atoms with Crippen LogP contribution >= 0.6 is 23.2 Å². The molecule has 18 heavy (non-hydrogen) atoms. The van der Waals surface area contributed by atoms with Crippen molar-refractivity contribution in [3.63, 3.8) is 0 Å². The van der Waals surface area contributed by atoms with Gasteiger partial charge < -0.3 is 18.9 Å². The summed E-state index contributed by atoms with van der Waals surface area (Å²) in [5, 5.41) is 0. The summed E-state index contributed by atoms with van der Waals surface area (Å²) in [6.45, 7) is 7.46. The van der Waals surface area contributed by atoms with Crippen molar-refractivity contribution in [3.8, 4) is 0 Å². The maximum atomic E-state index is 5.94. The van der Waals surface area contributed by atoms with Crippen LogP contribution in [-0.2, 0) is 18.9 Å². The molecular weight excluding hydrogens is 279 g/mol. The molecule has 6 heteroatoms. The van der Waals surface area contributed by atoms with E-state index in [1.807, 2.05) is 27.7 Å².